The van der Waals surface area contributed by atoms with Crippen LogP contribution in [0.2, 0.25) is 0 Å². The summed E-state index contributed by atoms with van der Waals surface area (Å²) in [5.74, 6) is 0. The molecule has 0 aliphatic heterocycles. The van der Waals surface area contributed by atoms with E-state index in [0.29, 0.717) is 23.9 Å². The molecule has 2 nitrogen and oxygen atoms in total. The Morgan fingerprint density at radius 3 is 2.65 bits per heavy atom. The highest BCUT2D eigenvalue weighted by atomic mass is 19.4. The monoisotopic (exact) mass is 242 g/mol. The van der Waals surface area contributed by atoms with E-state index < -0.39 is 11.9 Å². The molecule has 0 amide bonds. The minimum absolute atomic E-state index is 0.531. The van der Waals surface area contributed by atoms with E-state index in [4.69, 9.17) is 5.73 Å². The number of rotatable bonds is 3. The third kappa shape index (κ3) is 2.44. The number of halogens is 3. The van der Waals surface area contributed by atoms with E-state index in [1.165, 1.54) is 0 Å². The summed E-state index contributed by atoms with van der Waals surface area (Å²) >= 11 is 0. The first kappa shape index (κ1) is 12.0. The van der Waals surface area contributed by atoms with E-state index in [1.54, 1.807) is 12.1 Å². The van der Waals surface area contributed by atoms with Gasteiger partial charge in [0.15, 0.2) is 0 Å². The smallest absolute Gasteiger partial charge is 0.351 e. The van der Waals surface area contributed by atoms with Gasteiger partial charge in [-0.2, -0.15) is 13.2 Å². The largest absolute Gasteiger partial charge is 0.431 e. The second-order valence-corrected chi connectivity index (χ2v) is 3.95. The Bertz CT molecular complexity index is 514. The molecule has 0 aliphatic carbocycles. The van der Waals surface area contributed by atoms with Gasteiger partial charge in [-0.15, -0.1) is 0 Å². The number of benzene rings is 1. The number of nitrogens with one attached hydrogen (secondary N) is 1. The van der Waals surface area contributed by atoms with Crippen LogP contribution in [0, 0.1) is 0 Å². The minimum atomic E-state index is -4.33. The third-order valence-corrected chi connectivity index (χ3v) is 2.70. The van der Waals surface area contributed by atoms with E-state index >= 15 is 0 Å². The standard InChI is InChI=1S/C12H13F3N2/c13-12(14,15)10-7-9-4-1-3-8(5-2-6-16)11(9)17-10/h1,3-4,7,17H,2,5-6,16H2. The number of aryl methyl sites for hydroxylation is 1. The average molecular weight is 242 g/mol. The first-order valence-electron chi connectivity index (χ1n) is 5.40. The van der Waals surface area contributed by atoms with E-state index in [9.17, 15) is 13.2 Å². The molecule has 0 spiro atoms. The first-order chi connectivity index (χ1) is 8.02. The summed E-state index contributed by atoms with van der Waals surface area (Å²) in [6.45, 7) is 0.531. The number of H-pyrrole nitrogens is 1. The fourth-order valence-corrected chi connectivity index (χ4v) is 1.87. The van der Waals surface area contributed by atoms with Gasteiger partial charge in [-0.25, -0.2) is 0 Å². The van der Waals surface area contributed by atoms with Gasteiger partial charge in [0.25, 0.3) is 0 Å². The Hall–Kier alpha value is -1.49. The number of hydrogen-bond acceptors (Lipinski definition) is 1. The zero-order valence-corrected chi connectivity index (χ0v) is 9.14. The third-order valence-electron chi connectivity index (χ3n) is 2.70. The highest BCUT2D eigenvalue weighted by molar-refractivity contribution is 5.83. The molecule has 3 N–H and O–H groups in total. The highest BCUT2D eigenvalue weighted by Crippen LogP contribution is 2.32. The molecular formula is C12H13F3N2. The van der Waals surface area contributed by atoms with Gasteiger partial charge >= 0.3 is 6.18 Å². The lowest BCUT2D eigenvalue weighted by atomic mass is 10.1. The molecule has 0 saturated carbocycles. The van der Waals surface area contributed by atoms with E-state index in [-0.39, 0.29) is 0 Å². The lowest BCUT2D eigenvalue weighted by molar-refractivity contribution is -0.140. The molecule has 1 heterocycles. The molecule has 1 aromatic heterocycles. The number of aromatic nitrogens is 1. The molecule has 0 saturated heterocycles. The van der Waals surface area contributed by atoms with Crippen molar-refractivity contribution in [2.24, 2.45) is 5.73 Å². The SMILES string of the molecule is NCCCc1cccc2cc(C(F)(F)F)[nH]c12. The Labute approximate surface area is 96.6 Å². The summed E-state index contributed by atoms with van der Waals surface area (Å²) in [7, 11) is 0. The van der Waals surface area contributed by atoms with Crippen LogP contribution in [-0.4, -0.2) is 11.5 Å². The fraction of sp³-hybridized carbons (Fsp3) is 0.333. The van der Waals surface area contributed by atoms with Crippen LogP contribution < -0.4 is 5.73 Å². The molecule has 2 aromatic rings. The van der Waals surface area contributed by atoms with Crippen LogP contribution in [0.5, 0.6) is 0 Å². The van der Waals surface area contributed by atoms with E-state index in [1.807, 2.05) is 6.07 Å². The maximum atomic E-state index is 12.6. The van der Waals surface area contributed by atoms with Crippen molar-refractivity contribution in [3.05, 3.63) is 35.5 Å². The lowest BCUT2D eigenvalue weighted by Gasteiger charge is -2.03. The molecule has 1 aromatic carbocycles. The van der Waals surface area contributed by atoms with Crippen molar-refractivity contribution in [2.45, 2.75) is 19.0 Å². The summed E-state index contributed by atoms with van der Waals surface area (Å²) < 4.78 is 37.7. The van der Waals surface area contributed by atoms with Crippen LogP contribution in [0.15, 0.2) is 24.3 Å². The van der Waals surface area contributed by atoms with Crippen LogP contribution in [0.3, 0.4) is 0 Å². The zero-order valence-electron chi connectivity index (χ0n) is 9.14. The van der Waals surface area contributed by atoms with Crippen molar-refractivity contribution < 1.29 is 13.2 Å². The van der Waals surface area contributed by atoms with Gasteiger partial charge in [-0.05, 0) is 31.0 Å². The summed E-state index contributed by atoms with van der Waals surface area (Å²) in [5.41, 5.74) is 6.14. The topological polar surface area (TPSA) is 41.8 Å². The second kappa shape index (κ2) is 4.41. The van der Waals surface area contributed by atoms with Gasteiger partial charge in [0.05, 0.1) is 0 Å². The van der Waals surface area contributed by atoms with Crippen LogP contribution in [0.4, 0.5) is 13.2 Å². The van der Waals surface area contributed by atoms with Gasteiger partial charge in [0.2, 0.25) is 0 Å². The summed E-state index contributed by atoms with van der Waals surface area (Å²) in [6, 6.07) is 6.41. The maximum Gasteiger partial charge on any atom is 0.431 e. The molecule has 0 fully saturated rings. The highest BCUT2D eigenvalue weighted by Gasteiger charge is 2.32. The molecule has 0 aliphatic rings. The van der Waals surface area contributed by atoms with Crippen LogP contribution in [0.25, 0.3) is 10.9 Å². The van der Waals surface area contributed by atoms with Crippen molar-refractivity contribution in [2.75, 3.05) is 6.54 Å². The number of aromatic amines is 1. The lowest BCUT2D eigenvalue weighted by Crippen LogP contribution is -2.04. The average Bonchev–Trinajstić information content (AvgIpc) is 2.70. The first-order valence-corrected chi connectivity index (χ1v) is 5.40. The Balaban J connectivity index is 2.45. The summed E-state index contributed by atoms with van der Waals surface area (Å²) in [4.78, 5) is 2.45. The molecule has 5 heteroatoms. The van der Waals surface area contributed by atoms with Crippen LogP contribution in [-0.2, 0) is 12.6 Å². The quantitative estimate of drug-likeness (QED) is 0.853. The van der Waals surface area contributed by atoms with Gasteiger partial charge in [0.1, 0.15) is 5.69 Å². The number of hydrogen-bond donors (Lipinski definition) is 2. The normalized spacial score (nSPS) is 12.2. The zero-order chi connectivity index (χ0) is 12.5. The molecule has 92 valence electrons. The van der Waals surface area contributed by atoms with Gasteiger partial charge in [-0.3, -0.25) is 0 Å². The molecular weight excluding hydrogens is 229 g/mol. The predicted molar refractivity (Wildman–Crippen MR) is 60.7 cm³/mol. The van der Waals surface area contributed by atoms with Gasteiger partial charge < -0.3 is 10.7 Å². The Morgan fingerprint density at radius 2 is 2.00 bits per heavy atom. The Kier molecular flexibility index (Phi) is 3.11. The van der Waals surface area contributed by atoms with Gasteiger partial charge in [0, 0.05) is 10.9 Å². The van der Waals surface area contributed by atoms with Gasteiger partial charge in [-0.1, -0.05) is 18.2 Å². The molecule has 0 bridgehead atoms. The van der Waals surface area contributed by atoms with Crippen molar-refractivity contribution in [1.29, 1.82) is 0 Å². The number of fused-ring (bicyclic) bond motifs is 1. The van der Waals surface area contributed by atoms with Crippen molar-refractivity contribution in [3.63, 3.8) is 0 Å². The molecule has 2 rings (SSSR count). The maximum absolute atomic E-state index is 12.6. The van der Waals surface area contributed by atoms with E-state index in [0.717, 1.165) is 18.1 Å². The predicted octanol–water partition coefficient (Wildman–Crippen LogP) is 3.08. The second-order valence-electron chi connectivity index (χ2n) is 3.95. The molecule has 0 atom stereocenters. The number of alkyl halides is 3. The number of nitrogens with two attached hydrogens (primary N) is 1. The van der Waals surface area contributed by atoms with Crippen molar-refractivity contribution >= 4 is 10.9 Å². The summed E-state index contributed by atoms with van der Waals surface area (Å²) in [5, 5.41) is 0.590. The van der Waals surface area contributed by atoms with Crippen LogP contribution in [0.1, 0.15) is 17.7 Å². The minimum Gasteiger partial charge on any atom is -0.351 e. The molecule has 0 unspecified atom stereocenters. The molecule has 17 heavy (non-hydrogen) atoms. The van der Waals surface area contributed by atoms with E-state index in [2.05, 4.69) is 4.98 Å². The Morgan fingerprint density at radius 1 is 1.24 bits per heavy atom. The molecule has 0 radical (unpaired) electrons. The summed E-state index contributed by atoms with van der Waals surface area (Å²) in [6.07, 6.45) is -2.88. The van der Waals surface area contributed by atoms with Crippen LogP contribution >= 0.6 is 0 Å². The fourth-order valence-electron chi connectivity index (χ4n) is 1.87. The number of para-hydroxylation sites is 1. The van der Waals surface area contributed by atoms with Crippen molar-refractivity contribution in [3.8, 4) is 0 Å². The van der Waals surface area contributed by atoms with Crippen molar-refractivity contribution in [1.82, 2.24) is 4.98 Å².